The van der Waals surface area contributed by atoms with Crippen LogP contribution in [0.4, 0.5) is 13.2 Å². The van der Waals surface area contributed by atoms with Crippen molar-refractivity contribution in [3.8, 4) is 0 Å². The molecule has 0 aromatic carbocycles. The second-order valence-electron chi connectivity index (χ2n) is 6.54. The second kappa shape index (κ2) is 8.84. The number of hydrogen-bond donors (Lipinski definition) is 2. The van der Waals surface area contributed by atoms with Crippen LogP contribution in [0.25, 0.3) is 0 Å². The number of likely N-dealkylation sites (tertiary alicyclic amines) is 1. The zero-order valence-electron chi connectivity index (χ0n) is 14.6. The Labute approximate surface area is 146 Å². The fraction of sp³-hybridized carbons (Fsp3) is 0.875. The van der Waals surface area contributed by atoms with Gasteiger partial charge in [-0.15, -0.1) is 0 Å². The number of rotatable bonds is 5. The van der Waals surface area contributed by atoms with E-state index in [9.17, 15) is 22.8 Å². The minimum absolute atomic E-state index is 0.130. The van der Waals surface area contributed by atoms with Crippen molar-refractivity contribution in [2.75, 3.05) is 39.3 Å². The van der Waals surface area contributed by atoms with Crippen LogP contribution in [0, 0.1) is 0 Å². The smallest absolute Gasteiger partial charge is 0.352 e. The number of carbonyl (C=O) groups is 2. The maximum Gasteiger partial charge on any atom is 0.405 e. The molecule has 6 nitrogen and oxygen atoms in total. The van der Waals surface area contributed by atoms with E-state index in [2.05, 4.69) is 10.6 Å². The molecule has 144 valence electrons. The molecule has 0 radical (unpaired) electrons. The van der Waals surface area contributed by atoms with Gasteiger partial charge in [-0.2, -0.15) is 13.2 Å². The van der Waals surface area contributed by atoms with Crippen molar-refractivity contribution in [3.63, 3.8) is 0 Å². The maximum atomic E-state index is 13.4. The van der Waals surface area contributed by atoms with Crippen LogP contribution in [-0.4, -0.2) is 79.1 Å². The predicted octanol–water partition coefficient (Wildman–Crippen LogP) is 0.730. The van der Waals surface area contributed by atoms with Crippen molar-refractivity contribution in [2.24, 2.45) is 0 Å². The summed E-state index contributed by atoms with van der Waals surface area (Å²) in [5.41, 5.74) is 0. The fourth-order valence-electron chi connectivity index (χ4n) is 3.47. The molecule has 25 heavy (non-hydrogen) atoms. The van der Waals surface area contributed by atoms with Gasteiger partial charge < -0.3 is 15.5 Å². The molecule has 0 aromatic rings. The molecule has 2 fully saturated rings. The van der Waals surface area contributed by atoms with Crippen LogP contribution < -0.4 is 10.6 Å². The lowest BCUT2D eigenvalue weighted by molar-refractivity contribution is -0.184. The molecule has 2 amide bonds. The van der Waals surface area contributed by atoms with Crippen molar-refractivity contribution in [1.82, 2.24) is 20.4 Å². The van der Waals surface area contributed by atoms with E-state index in [-0.39, 0.29) is 12.3 Å². The summed E-state index contributed by atoms with van der Waals surface area (Å²) in [6.45, 7) is 3.33. The molecule has 0 bridgehead atoms. The van der Waals surface area contributed by atoms with Crippen molar-refractivity contribution in [1.29, 1.82) is 0 Å². The Morgan fingerprint density at radius 1 is 1.20 bits per heavy atom. The van der Waals surface area contributed by atoms with Gasteiger partial charge in [-0.3, -0.25) is 14.5 Å². The van der Waals surface area contributed by atoms with Crippen LogP contribution in [0.15, 0.2) is 0 Å². The first kappa shape index (κ1) is 20.0. The summed E-state index contributed by atoms with van der Waals surface area (Å²) in [7, 11) is 0. The molecule has 2 atom stereocenters. The SMILES string of the molecule is CCC(=O)N1CCCCC1C(=O)NCC(N1CCNCC1)C(F)(F)F. The number of hydrogen-bond acceptors (Lipinski definition) is 4. The topological polar surface area (TPSA) is 64.7 Å². The number of nitrogens with one attached hydrogen (secondary N) is 2. The normalized spacial score (nSPS) is 24.0. The summed E-state index contributed by atoms with van der Waals surface area (Å²) in [5.74, 6) is -0.611. The lowest BCUT2D eigenvalue weighted by Crippen LogP contribution is -2.59. The van der Waals surface area contributed by atoms with E-state index in [1.165, 1.54) is 9.80 Å². The molecule has 2 heterocycles. The van der Waals surface area contributed by atoms with Gasteiger partial charge in [0.1, 0.15) is 12.1 Å². The summed E-state index contributed by atoms with van der Waals surface area (Å²) in [6, 6.07) is -2.35. The van der Waals surface area contributed by atoms with E-state index in [1.807, 2.05) is 0 Å². The highest BCUT2D eigenvalue weighted by molar-refractivity contribution is 5.87. The summed E-state index contributed by atoms with van der Waals surface area (Å²) in [6.07, 6.45) is -2.00. The maximum absolute atomic E-state index is 13.4. The number of alkyl halides is 3. The van der Waals surface area contributed by atoms with Crippen LogP contribution in [-0.2, 0) is 9.59 Å². The van der Waals surface area contributed by atoms with Gasteiger partial charge in [0.25, 0.3) is 0 Å². The highest BCUT2D eigenvalue weighted by Gasteiger charge is 2.44. The van der Waals surface area contributed by atoms with Gasteiger partial charge in [0.05, 0.1) is 0 Å². The van der Waals surface area contributed by atoms with Gasteiger partial charge >= 0.3 is 6.18 Å². The number of piperazine rings is 1. The van der Waals surface area contributed by atoms with Gasteiger partial charge in [-0.1, -0.05) is 6.92 Å². The van der Waals surface area contributed by atoms with Crippen molar-refractivity contribution >= 4 is 11.8 Å². The minimum atomic E-state index is -4.41. The van der Waals surface area contributed by atoms with E-state index < -0.39 is 30.7 Å². The predicted molar refractivity (Wildman–Crippen MR) is 86.9 cm³/mol. The summed E-state index contributed by atoms with van der Waals surface area (Å²) >= 11 is 0. The lowest BCUT2D eigenvalue weighted by atomic mass is 10.0. The summed E-state index contributed by atoms with van der Waals surface area (Å²) < 4.78 is 40.1. The lowest BCUT2D eigenvalue weighted by Gasteiger charge is -2.37. The van der Waals surface area contributed by atoms with Crippen LogP contribution in [0.3, 0.4) is 0 Å². The summed E-state index contributed by atoms with van der Waals surface area (Å²) in [5, 5.41) is 5.47. The van der Waals surface area contributed by atoms with Crippen molar-refractivity contribution in [3.05, 3.63) is 0 Å². The molecular formula is C16H27F3N4O2. The van der Waals surface area contributed by atoms with Crippen molar-refractivity contribution < 1.29 is 22.8 Å². The first-order valence-corrected chi connectivity index (χ1v) is 8.93. The van der Waals surface area contributed by atoms with Gasteiger partial charge in [0, 0.05) is 45.7 Å². The third-order valence-corrected chi connectivity index (χ3v) is 4.87. The van der Waals surface area contributed by atoms with E-state index >= 15 is 0 Å². The first-order chi connectivity index (χ1) is 11.8. The highest BCUT2D eigenvalue weighted by atomic mass is 19.4. The molecule has 0 saturated carbocycles. The number of halogens is 3. The minimum Gasteiger partial charge on any atom is -0.352 e. The van der Waals surface area contributed by atoms with Gasteiger partial charge in [0.15, 0.2) is 0 Å². The van der Waals surface area contributed by atoms with E-state index in [4.69, 9.17) is 0 Å². The second-order valence-corrected chi connectivity index (χ2v) is 6.54. The Kier molecular flexibility index (Phi) is 7.06. The molecule has 0 aromatic heterocycles. The first-order valence-electron chi connectivity index (χ1n) is 8.93. The average Bonchev–Trinajstić information content (AvgIpc) is 2.60. The zero-order valence-corrected chi connectivity index (χ0v) is 14.6. The number of carbonyl (C=O) groups excluding carboxylic acids is 2. The Morgan fingerprint density at radius 2 is 1.88 bits per heavy atom. The van der Waals surface area contributed by atoms with Crippen molar-refractivity contribution in [2.45, 2.75) is 50.9 Å². The molecule has 2 rings (SSSR count). The van der Waals surface area contributed by atoms with E-state index in [0.29, 0.717) is 39.1 Å². The molecule has 0 aliphatic carbocycles. The van der Waals surface area contributed by atoms with Crippen LogP contribution in [0.2, 0.25) is 0 Å². The zero-order chi connectivity index (χ0) is 18.4. The third kappa shape index (κ3) is 5.31. The quantitative estimate of drug-likeness (QED) is 0.755. The Bertz CT molecular complexity index is 467. The van der Waals surface area contributed by atoms with Gasteiger partial charge in [0.2, 0.25) is 11.8 Å². The number of amides is 2. The third-order valence-electron chi connectivity index (χ3n) is 4.87. The average molecular weight is 364 g/mol. The Hall–Kier alpha value is -1.35. The molecule has 2 unspecified atom stereocenters. The molecule has 2 aliphatic rings. The molecule has 9 heteroatoms. The van der Waals surface area contributed by atoms with Crippen LogP contribution >= 0.6 is 0 Å². The highest BCUT2D eigenvalue weighted by Crippen LogP contribution is 2.25. The monoisotopic (exact) mass is 364 g/mol. The number of piperidine rings is 1. The van der Waals surface area contributed by atoms with Gasteiger partial charge in [-0.05, 0) is 19.3 Å². The van der Waals surface area contributed by atoms with Crippen LogP contribution in [0.1, 0.15) is 32.6 Å². The molecule has 2 aliphatic heterocycles. The van der Waals surface area contributed by atoms with Crippen LogP contribution in [0.5, 0.6) is 0 Å². The Balaban J connectivity index is 1.98. The fourth-order valence-corrected chi connectivity index (χ4v) is 3.47. The van der Waals surface area contributed by atoms with E-state index in [1.54, 1.807) is 6.92 Å². The Morgan fingerprint density at radius 3 is 2.48 bits per heavy atom. The summed E-state index contributed by atoms with van der Waals surface area (Å²) in [4.78, 5) is 27.3. The van der Waals surface area contributed by atoms with E-state index in [0.717, 1.165) is 12.8 Å². The molecular weight excluding hydrogens is 337 g/mol. The van der Waals surface area contributed by atoms with Gasteiger partial charge in [-0.25, -0.2) is 0 Å². The molecule has 2 saturated heterocycles. The standard InChI is InChI=1S/C16H27F3N4O2/c1-2-14(24)23-8-4-3-5-12(23)15(25)21-11-13(16(17,18)19)22-9-6-20-7-10-22/h12-13,20H,2-11H2,1H3,(H,21,25). The molecule has 2 N–H and O–H groups in total. The largest absolute Gasteiger partial charge is 0.405 e. The molecule has 0 spiro atoms. The number of nitrogens with zero attached hydrogens (tertiary/aromatic N) is 2.